The minimum absolute atomic E-state index is 0.0652. The van der Waals surface area contributed by atoms with E-state index in [4.69, 9.17) is 0 Å². The molecule has 0 atom stereocenters. The molecule has 0 radical (unpaired) electrons. The van der Waals surface area contributed by atoms with Crippen molar-refractivity contribution in [2.24, 2.45) is 0 Å². The average Bonchev–Trinajstić information content (AvgIpc) is 3.07. The lowest BCUT2D eigenvalue weighted by molar-refractivity contribution is -0.138. The summed E-state index contributed by atoms with van der Waals surface area (Å²) < 4.78 is 0. The van der Waals surface area contributed by atoms with Gasteiger partial charge in [0.1, 0.15) is 0 Å². The highest BCUT2D eigenvalue weighted by Crippen LogP contribution is 2.18. The standard InChI is InChI=1S/C40H40N2O2/c1-5-31-9-17-35(18-10-31)27-41(28-36-19-11-32(6-2)12-20-36)39(43)25-26-40(44)42(29-37-21-13-33(7-3)14-22-37)30-38-23-15-34(8-4)16-24-38/h5-24H,1-4,25-30H2. The van der Waals surface area contributed by atoms with Crippen LogP contribution in [0.2, 0.25) is 0 Å². The molecule has 0 unspecified atom stereocenters. The summed E-state index contributed by atoms with van der Waals surface area (Å²) in [6.45, 7) is 17.1. The van der Waals surface area contributed by atoms with E-state index < -0.39 is 0 Å². The molecule has 4 aromatic carbocycles. The van der Waals surface area contributed by atoms with E-state index in [0.29, 0.717) is 26.2 Å². The van der Waals surface area contributed by atoms with Crippen LogP contribution < -0.4 is 0 Å². The summed E-state index contributed by atoms with van der Waals surface area (Å²) in [6.07, 6.45) is 7.44. The molecule has 0 saturated carbocycles. The number of carbonyl (C=O) groups excluding carboxylic acids is 2. The molecule has 44 heavy (non-hydrogen) atoms. The van der Waals surface area contributed by atoms with E-state index in [1.807, 2.05) is 107 Å². The van der Waals surface area contributed by atoms with Gasteiger partial charge in [-0.3, -0.25) is 9.59 Å². The molecule has 2 amide bonds. The van der Waals surface area contributed by atoms with Crippen LogP contribution in [0.15, 0.2) is 123 Å². The summed E-state index contributed by atoms with van der Waals surface area (Å²) in [5.41, 5.74) is 8.17. The first-order valence-corrected chi connectivity index (χ1v) is 14.8. The fourth-order valence-electron chi connectivity index (χ4n) is 4.91. The lowest BCUT2D eigenvalue weighted by Gasteiger charge is -2.26. The zero-order chi connectivity index (χ0) is 31.3. The van der Waals surface area contributed by atoms with E-state index >= 15 is 0 Å². The monoisotopic (exact) mass is 580 g/mol. The fourth-order valence-corrected chi connectivity index (χ4v) is 4.91. The van der Waals surface area contributed by atoms with Crippen molar-refractivity contribution in [2.75, 3.05) is 0 Å². The van der Waals surface area contributed by atoms with E-state index in [-0.39, 0.29) is 24.7 Å². The number of carbonyl (C=O) groups is 2. The molecule has 0 N–H and O–H groups in total. The van der Waals surface area contributed by atoms with Gasteiger partial charge in [-0.15, -0.1) is 0 Å². The molecule has 4 heteroatoms. The number of hydrogen-bond acceptors (Lipinski definition) is 2. The summed E-state index contributed by atoms with van der Waals surface area (Å²) in [6, 6.07) is 32.1. The van der Waals surface area contributed by atoms with Gasteiger partial charge >= 0.3 is 0 Å². The van der Waals surface area contributed by atoms with Gasteiger partial charge in [0.25, 0.3) is 0 Å². The first-order chi connectivity index (χ1) is 21.4. The van der Waals surface area contributed by atoms with Crippen LogP contribution in [-0.4, -0.2) is 21.6 Å². The van der Waals surface area contributed by atoms with Crippen molar-refractivity contribution >= 4 is 36.1 Å². The van der Waals surface area contributed by atoms with Crippen LogP contribution in [0, 0.1) is 0 Å². The van der Waals surface area contributed by atoms with Crippen LogP contribution in [0.1, 0.15) is 57.3 Å². The predicted octanol–water partition coefficient (Wildman–Crippen LogP) is 8.80. The molecule has 0 aliphatic rings. The lowest BCUT2D eigenvalue weighted by atomic mass is 10.1. The van der Waals surface area contributed by atoms with Gasteiger partial charge < -0.3 is 9.80 Å². The van der Waals surface area contributed by atoms with Crippen LogP contribution in [0.25, 0.3) is 24.3 Å². The second kappa shape index (κ2) is 15.9. The zero-order valence-corrected chi connectivity index (χ0v) is 25.3. The van der Waals surface area contributed by atoms with Crippen molar-refractivity contribution in [1.29, 1.82) is 0 Å². The number of rotatable bonds is 15. The van der Waals surface area contributed by atoms with Gasteiger partial charge in [-0.25, -0.2) is 0 Å². The number of benzene rings is 4. The summed E-state index contributed by atoms with van der Waals surface area (Å²) in [5.74, 6) is -0.130. The Balaban J connectivity index is 1.50. The molecular formula is C40H40N2O2. The van der Waals surface area contributed by atoms with Crippen LogP contribution in [0.3, 0.4) is 0 Å². The molecule has 0 saturated heterocycles. The Labute approximate surface area is 262 Å². The largest absolute Gasteiger partial charge is 0.334 e. The highest BCUT2D eigenvalue weighted by atomic mass is 16.2. The first-order valence-electron chi connectivity index (χ1n) is 14.8. The van der Waals surface area contributed by atoms with E-state index in [0.717, 1.165) is 44.5 Å². The van der Waals surface area contributed by atoms with Crippen molar-refractivity contribution in [2.45, 2.75) is 39.0 Å². The molecular weight excluding hydrogens is 540 g/mol. The van der Waals surface area contributed by atoms with Crippen molar-refractivity contribution in [3.8, 4) is 0 Å². The van der Waals surface area contributed by atoms with E-state index in [1.165, 1.54) is 0 Å². The normalized spacial score (nSPS) is 10.5. The Morgan fingerprint density at radius 1 is 0.409 bits per heavy atom. The molecule has 4 aromatic rings. The summed E-state index contributed by atoms with van der Waals surface area (Å²) in [7, 11) is 0. The maximum absolute atomic E-state index is 13.7. The molecule has 0 aliphatic heterocycles. The van der Waals surface area contributed by atoms with Crippen LogP contribution in [0.4, 0.5) is 0 Å². The number of amides is 2. The van der Waals surface area contributed by atoms with Crippen molar-refractivity contribution in [3.63, 3.8) is 0 Å². The minimum Gasteiger partial charge on any atom is -0.334 e. The van der Waals surface area contributed by atoms with Gasteiger partial charge in [-0.2, -0.15) is 0 Å². The molecule has 0 aliphatic carbocycles. The predicted molar refractivity (Wildman–Crippen MR) is 184 cm³/mol. The molecule has 4 nitrogen and oxygen atoms in total. The van der Waals surface area contributed by atoms with Gasteiger partial charge in [-0.1, -0.05) is 148 Å². The van der Waals surface area contributed by atoms with E-state index in [1.54, 1.807) is 24.3 Å². The van der Waals surface area contributed by atoms with Gasteiger partial charge in [-0.05, 0) is 44.5 Å². The van der Waals surface area contributed by atoms with E-state index in [2.05, 4.69) is 26.3 Å². The Morgan fingerprint density at radius 3 is 0.795 bits per heavy atom. The molecule has 0 bridgehead atoms. The highest BCUT2D eigenvalue weighted by molar-refractivity contribution is 5.84. The van der Waals surface area contributed by atoms with Gasteiger partial charge in [0.05, 0.1) is 0 Å². The third-order valence-corrected chi connectivity index (χ3v) is 7.61. The van der Waals surface area contributed by atoms with Crippen molar-refractivity contribution < 1.29 is 9.59 Å². The third-order valence-electron chi connectivity index (χ3n) is 7.61. The fraction of sp³-hybridized carbons (Fsp3) is 0.150. The topological polar surface area (TPSA) is 40.6 Å². The molecule has 222 valence electrons. The zero-order valence-electron chi connectivity index (χ0n) is 25.3. The van der Waals surface area contributed by atoms with Gasteiger partial charge in [0.2, 0.25) is 11.8 Å². The molecule has 4 rings (SSSR count). The van der Waals surface area contributed by atoms with Crippen molar-refractivity contribution in [3.05, 3.63) is 168 Å². The van der Waals surface area contributed by atoms with Gasteiger partial charge in [0.15, 0.2) is 0 Å². The summed E-state index contributed by atoms with van der Waals surface area (Å²) in [4.78, 5) is 31.0. The highest BCUT2D eigenvalue weighted by Gasteiger charge is 2.20. The molecule has 0 spiro atoms. The second-order valence-electron chi connectivity index (χ2n) is 10.8. The number of hydrogen-bond donors (Lipinski definition) is 0. The lowest BCUT2D eigenvalue weighted by Crippen LogP contribution is -2.33. The molecule has 0 heterocycles. The molecule has 0 fully saturated rings. The van der Waals surface area contributed by atoms with Crippen LogP contribution >= 0.6 is 0 Å². The summed E-state index contributed by atoms with van der Waals surface area (Å²) >= 11 is 0. The second-order valence-corrected chi connectivity index (χ2v) is 10.8. The van der Waals surface area contributed by atoms with Crippen LogP contribution in [-0.2, 0) is 35.8 Å². The maximum Gasteiger partial charge on any atom is 0.223 e. The molecule has 0 aromatic heterocycles. The Kier molecular flexibility index (Phi) is 11.4. The third kappa shape index (κ3) is 9.14. The van der Waals surface area contributed by atoms with E-state index in [9.17, 15) is 9.59 Å². The smallest absolute Gasteiger partial charge is 0.223 e. The van der Waals surface area contributed by atoms with Crippen molar-refractivity contribution in [1.82, 2.24) is 9.80 Å². The Hall–Kier alpha value is -5.22. The average molecular weight is 581 g/mol. The maximum atomic E-state index is 13.7. The Bertz CT molecular complexity index is 1350. The first kappa shape index (κ1) is 31.7. The van der Waals surface area contributed by atoms with Gasteiger partial charge in [0, 0.05) is 39.0 Å². The SMILES string of the molecule is C=Cc1ccc(CN(Cc2ccc(C=C)cc2)C(=O)CCC(=O)N(Cc2ccc(C=C)cc2)Cc2ccc(C=C)cc2)cc1. The quantitative estimate of drug-likeness (QED) is 0.141. The van der Waals surface area contributed by atoms with Crippen LogP contribution in [0.5, 0.6) is 0 Å². The number of nitrogens with zero attached hydrogens (tertiary/aromatic N) is 2. The Morgan fingerprint density at radius 2 is 0.614 bits per heavy atom. The minimum atomic E-state index is -0.0652. The summed E-state index contributed by atoms with van der Waals surface area (Å²) in [5, 5.41) is 0.